The predicted molar refractivity (Wildman–Crippen MR) is 69.1 cm³/mol. The number of hydrogen-bond acceptors (Lipinski definition) is 5. The molecular formula is C13H12N4O2. The molecule has 1 aromatic carbocycles. The van der Waals surface area contributed by atoms with Crippen LogP contribution < -0.4 is 11.1 Å². The summed E-state index contributed by atoms with van der Waals surface area (Å²) in [5.74, 6) is -0.581. The van der Waals surface area contributed by atoms with Gasteiger partial charge >= 0.3 is 0 Å². The van der Waals surface area contributed by atoms with Crippen LogP contribution in [0.5, 0.6) is 0 Å². The molecule has 0 spiro atoms. The number of nitrogen functional groups attached to an aromatic ring is 1. The van der Waals surface area contributed by atoms with Crippen LogP contribution in [0, 0.1) is 0 Å². The first-order valence-electron chi connectivity index (χ1n) is 5.99. The Morgan fingerprint density at radius 3 is 2.95 bits per heavy atom. The molecule has 6 heteroatoms. The summed E-state index contributed by atoms with van der Waals surface area (Å²) >= 11 is 0. The minimum atomic E-state index is -0.459. The largest absolute Gasteiger partial charge is 0.399 e. The van der Waals surface area contributed by atoms with Crippen molar-refractivity contribution in [3.63, 3.8) is 0 Å². The standard InChI is InChI=1S/C13H12N4O2/c14-8-1-3-10-7(5-8)6-15-12(16-10)9-2-4-11(18)17-13(9)19/h1,3,5-6,9H,2,4,14H2,(H,17,18,19). The second-order valence-electron chi connectivity index (χ2n) is 4.55. The van der Waals surface area contributed by atoms with Gasteiger partial charge in [0.05, 0.1) is 11.4 Å². The van der Waals surface area contributed by atoms with Gasteiger partial charge < -0.3 is 5.73 Å². The molecule has 1 aliphatic rings. The summed E-state index contributed by atoms with van der Waals surface area (Å²) in [7, 11) is 0. The maximum absolute atomic E-state index is 11.8. The van der Waals surface area contributed by atoms with E-state index < -0.39 is 5.92 Å². The van der Waals surface area contributed by atoms with Crippen LogP contribution in [-0.2, 0) is 9.59 Å². The summed E-state index contributed by atoms with van der Waals surface area (Å²) in [5, 5.41) is 3.14. The van der Waals surface area contributed by atoms with Gasteiger partial charge in [0.15, 0.2) is 0 Å². The number of fused-ring (bicyclic) bond motifs is 1. The summed E-state index contributed by atoms with van der Waals surface area (Å²) in [5.41, 5.74) is 7.07. The zero-order chi connectivity index (χ0) is 13.4. The number of rotatable bonds is 1. The van der Waals surface area contributed by atoms with Gasteiger partial charge in [-0.05, 0) is 24.6 Å². The highest BCUT2D eigenvalue weighted by Gasteiger charge is 2.30. The molecule has 1 unspecified atom stereocenters. The summed E-state index contributed by atoms with van der Waals surface area (Å²) in [6.07, 6.45) is 2.42. The molecule has 2 amide bonds. The fourth-order valence-corrected chi connectivity index (χ4v) is 2.17. The lowest BCUT2D eigenvalue weighted by molar-refractivity contribution is -0.134. The average Bonchev–Trinajstić information content (AvgIpc) is 2.38. The van der Waals surface area contributed by atoms with Crippen LogP contribution in [0.4, 0.5) is 5.69 Å². The van der Waals surface area contributed by atoms with E-state index in [1.807, 2.05) is 0 Å². The van der Waals surface area contributed by atoms with Gasteiger partial charge in [0.2, 0.25) is 11.8 Å². The monoisotopic (exact) mass is 256 g/mol. The number of amides is 2. The van der Waals surface area contributed by atoms with Crippen LogP contribution in [0.15, 0.2) is 24.4 Å². The number of anilines is 1. The Balaban J connectivity index is 1.99. The minimum absolute atomic E-state index is 0.241. The Morgan fingerprint density at radius 1 is 1.32 bits per heavy atom. The van der Waals surface area contributed by atoms with Crippen molar-refractivity contribution in [2.45, 2.75) is 18.8 Å². The van der Waals surface area contributed by atoms with Gasteiger partial charge in [0, 0.05) is 23.7 Å². The molecule has 19 heavy (non-hydrogen) atoms. The lowest BCUT2D eigenvalue weighted by atomic mass is 9.97. The smallest absolute Gasteiger partial charge is 0.237 e. The van der Waals surface area contributed by atoms with Crippen LogP contribution in [0.2, 0.25) is 0 Å². The number of imide groups is 1. The van der Waals surface area contributed by atoms with Crippen molar-refractivity contribution in [3.8, 4) is 0 Å². The van der Waals surface area contributed by atoms with Crippen molar-refractivity contribution in [2.24, 2.45) is 0 Å². The molecule has 6 nitrogen and oxygen atoms in total. The topological polar surface area (TPSA) is 98.0 Å². The van der Waals surface area contributed by atoms with E-state index in [-0.39, 0.29) is 11.8 Å². The first-order chi connectivity index (χ1) is 9.13. The maximum Gasteiger partial charge on any atom is 0.237 e. The van der Waals surface area contributed by atoms with Crippen molar-refractivity contribution in [1.82, 2.24) is 15.3 Å². The Hall–Kier alpha value is -2.50. The van der Waals surface area contributed by atoms with E-state index in [1.54, 1.807) is 24.4 Å². The minimum Gasteiger partial charge on any atom is -0.399 e. The lowest BCUT2D eigenvalue weighted by Gasteiger charge is -2.19. The highest BCUT2D eigenvalue weighted by molar-refractivity contribution is 6.00. The number of carbonyl (C=O) groups is 2. The number of benzene rings is 1. The quantitative estimate of drug-likeness (QED) is 0.579. The van der Waals surface area contributed by atoms with Gasteiger partial charge in [-0.3, -0.25) is 14.9 Å². The van der Waals surface area contributed by atoms with Gasteiger partial charge in [-0.1, -0.05) is 0 Å². The number of piperidine rings is 1. The molecule has 0 radical (unpaired) electrons. The Morgan fingerprint density at radius 2 is 2.16 bits per heavy atom. The van der Waals surface area contributed by atoms with Crippen LogP contribution >= 0.6 is 0 Å². The third-order valence-electron chi connectivity index (χ3n) is 3.17. The molecule has 1 aromatic heterocycles. The first kappa shape index (κ1) is 11.6. The second-order valence-corrected chi connectivity index (χ2v) is 4.55. The zero-order valence-electron chi connectivity index (χ0n) is 10.1. The number of nitrogens with one attached hydrogen (secondary N) is 1. The van der Waals surface area contributed by atoms with E-state index in [0.29, 0.717) is 24.4 Å². The Bertz CT molecular complexity index is 683. The van der Waals surface area contributed by atoms with Gasteiger partial charge in [0.25, 0.3) is 0 Å². The molecule has 1 fully saturated rings. The Kier molecular flexibility index (Phi) is 2.63. The van der Waals surface area contributed by atoms with E-state index in [2.05, 4.69) is 15.3 Å². The maximum atomic E-state index is 11.8. The molecule has 0 bridgehead atoms. The molecule has 0 saturated carbocycles. The highest BCUT2D eigenvalue weighted by Crippen LogP contribution is 2.23. The van der Waals surface area contributed by atoms with Gasteiger partial charge in [-0.15, -0.1) is 0 Å². The number of nitrogens with two attached hydrogens (primary N) is 1. The predicted octanol–water partition coefficient (Wildman–Crippen LogP) is 0.732. The van der Waals surface area contributed by atoms with Crippen LogP contribution in [-0.4, -0.2) is 21.8 Å². The van der Waals surface area contributed by atoms with Crippen LogP contribution in [0.1, 0.15) is 24.6 Å². The molecule has 1 saturated heterocycles. The molecule has 3 rings (SSSR count). The third-order valence-corrected chi connectivity index (χ3v) is 3.17. The van der Waals surface area contributed by atoms with E-state index >= 15 is 0 Å². The molecular weight excluding hydrogens is 244 g/mol. The molecule has 96 valence electrons. The van der Waals surface area contributed by atoms with E-state index in [4.69, 9.17) is 5.73 Å². The molecule has 0 aliphatic carbocycles. The number of aromatic nitrogens is 2. The summed E-state index contributed by atoms with van der Waals surface area (Å²) in [6.45, 7) is 0. The van der Waals surface area contributed by atoms with Crippen molar-refractivity contribution in [3.05, 3.63) is 30.2 Å². The van der Waals surface area contributed by atoms with E-state index in [0.717, 1.165) is 10.9 Å². The van der Waals surface area contributed by atoms with Crippen molar-refractivity contribution in [2.75, 3.05) is 5.73 Å². The van der Waals surface area contributed by atoms with Gasteiger partial charge in [-0.25, -0.2) is 9.97 Å². The highest BCUT2D eigenvalue weighted by atomic mass is 16.2. The first-order valence-corrected chi connectivity index (χ1v) is 5.99. The number of nitrogens with zero attached hydrogens (tertiary/aromatic N) is 2. The number of carbonyl (C=O) groups excluding carboxylic acids is 2. The second kappa shape index (κ2) is 4.31. The molecule has 2 heterocycles. The normalized spacial score (nSPS) is 19.5. The molecule has 2 aromatic rings. The molecule has 1 atom stereocenters. The zero-order valence-corrected chi connectivity index (χ0v) is 10.1. The van der Waals surface area contributed by atoms with Crippen molar-refractivity contribution < 1.29 is 9.59 Å². The van der Waals surface area contributed by atoms with E-state index in [9.17, 15) is 9.59 Å². The van der Waals surface area contributed by atoms with Crippen molar-refractivity contribution in [1.29, 1.82) is 0 Å². The number of hydrogen-bond donors (Lipinski definition) is 2. The lowest BCUT2D eigenvalue weighted by Crippen LogP contribution is -2.40. The Labute approximate surface area is 109 Å². The summed E-state index contributed by atoms with van der Waals surface area (Å²) in [4.78, 5) is 31.5. The third kappa shape index (κ3) is 2.12. The SMILES string of the molecule is Nc1ccc2nc(C3CCC(=O)NC3=O)ncc2c1. The van der Waals surface area contributed by atoms with Crippen molar-refractivity contribution >= 4 is 28.4 Å². The average molecular weight is 256 g/mol. The fourth-order valence-electron chi connectivity index (χ4n) is 2.17. The molecule has 3 N–H and O–H groups in total. The van der Waals surface area contributed by atoms with Gasteiger partial charge in [-0.2, -0.15) is 0 Å². The van der Waals surface area contributed by atoms with Gasteiger partial charge in [0.1, 0.15) is 5.82 Å². The fraction of sp³-hybridized carbons (Fsp3) is 0.231. The van der Waals surface area contributed by atoms with Crippen LogP contribution in [0.3, 0.4) is 0 Å². The summed E-state index contributed by atoms with van der Waals surface area (Å²) < 4.78 is 0. The molecule has 1 aliphatic heterocycles. The summed E-state index contributed by atoms with van der Waals surface area (Å²) in [6, 6.07) is 5.33. The van der Waals surface area contributed by atoms with E-state index in [1.165, 1.54) is 0 Å². The van der Waals surface area contributed by atoms with Crippen LogP contribution in [0.25, 0.3) is 10.9 Å².